The molecule has 3 atom stereocenters. The molecule has 0 radical (unpaired) electrons. The molecule has 3 aliphatic heterocycles. The lowest BCUT2D eigenvalue weighted by Gasteiger charge is -2.29. The summed E-state index contributed by atoms with van der Waals surface area (Å²) in [7, 11) is 0. The maximum atomic E-state index is 13.1. The van der Waals surface area contributed by atoms with Crippen molar-refractivity contribution in [3.8, 4) is 0 Å². The first-order chi connectivity index (χ1) is 13.5. The van der Waals surface area contributed by atoms with Crippen LogP contribution in [0, 0.1) is 0 Å². The number of carbonyl (C=O) groups is 4. The van der Waals surface area contributed by atoms with Gasteiger partial charge in [0.25, 0.3) is 11.8 Å². The van der Waals surface area contributed by atoms with E-state index >= 15 is 0 Å². The van der Waals surface area contributed by atoms with Crippen LogP contribution < -0.4 is 16.0 Å². The first kappa shape index (κ1) is 17.5. The molecule has 1 aliphatic carbocycles. The molecule has 2 saturated heterocycles. The van der Waals surface area contributed by atoms with Crippen molar-refractivity contribution in [1.82, 2.24) is 20.9 Å². The number of piperidine rings is 2. The fourth-order valence-corrected chi connectivity index (χ4v) is 5.04. The molecule has 3 N–H and O–H groups in total. The molecule has 8 heteroatoms. The zero-order valence-electron chi connectivity index (χ0n) is 15.4. The minimum absolute atomic E-state index is 0.0579. The van der Waals surface area contributed by atoms with Crippen LogP contribution in [-0.4, -0.2) is 52.7 Å². The average Bonchev–Trinajstić information content (AvgIpc) is 3.35. The Morgan fingerprint density at radius 1 is 1.14 bits per heavy atom. The van der Waals surface area contributed by atoms with Gasteiger partial charge in [-0.2, -0.15) is 0 Å². The smallest absolute Gasteiger partial charge is 0.262 e. The molecule has 8 nitrogen and oxygen atoms in total. The van der Waals surface area contributed by atoms with E-state index in [9.17, 15) is 19.2 Å². The predicted molar refractivity (Wildman–Crippen MR) is 98.3 cm³/mol. The highest BCUT2D eigenvalue weighted by Crippen LogP contribution is 2.36. The predicted octanol–water partition coefficient (Wildman–Crippen LogP) is 0.0719. The van der Waals surface area contributed by atoms with Gasteiger partial charge in [-0.25, -0.2) is 0 Å². The third kappa shape index (κ3) is 2.59. The second kappa shape index (κ2) is 6.22. The summed E-state index contributed by atoms with van der Waals surface area (Å²) in [6.45, 7) is 1.42. The molecule has 0 spiro atoms. The molecule has 2 bridgehead atoms. The SMILES string of the molecule is O=C1CCC(N2C(=O)c3cccc(CNC45CCC(C4)NC5)c3C2=O)C(=O)N1. The molecule has 1 aromatic rings. The van der Waals surface area contributed by atoms with Gasteiger partial charge in [-0.3, -0.25) is 29.4 Å². The molecule has 3 unspecified atom stereocenters. The molecule has 1 aromatic carbocycles. The first-order valence-corrected chi connectivity index (χ1v) is 9.79. The maximum absolute atomic E-state index is 13.1. The average molecular weight is 382 g/mol. The highest BCUT2D eigenvalue weighted by Gasteiger charge is 2.47. The zero-order chi connectivity index (χ0) is 19.5. The fraction of sp³-hybridized carbons (Fsp3) is 0.500. The summed E-state index contributed by atoms with van der Waals surface area (Å²) in [5, 5.41) is 9.33. The van der Waals surface area contributed by atoms with E-state index in [0.717, 1.165) is 36.3 Å². The van der Waals surface area contributed by atoms with Gasteiger partial charge in [0.1, 0.15) is 6.04 Å². The van der Waals surface area contributed by atoms with Gasteiger partial charge in [0.15, 0.2) is 0 Å². The van der Waals surface area contributed by atoms with Crippen LogP contribution in [0.15, 0.2) is 18.2 Å². The van der Waals surface area contributed by atoms with E-state index in [-0.39, 0.29) is 24.3 Å². The topological polar surface area (TPSA) is 108 Å². The van der Waals surface area contributed by atoms with Crippen LogP contribution in [0.1, 0.15) is 58.4 Å². The van der Waals surface area contributed by atoms with Crippen molar-refractivity contribution in [3.63, 3.8) is 0 Å². The quantitative estimate of drug-likeness (QED) is 0.637. The number of hydrogen-bond acceptors (Lipinski definition) is 6. The van der Waals surface area contributed by atoms with Crippen LogP contribution in [0.5, 0.6) is 0 Å². The molecule has 28 heavy (non-hydrogen) atoms. The molecule has 1 saturated carbocycles. The highest BCUT2D eigenvalue weighted by molar-refractivity contribution is 6.24. The molecule has 3 heterocycles. The number of hydrogen-bond donors (Lipinski definition) is 3. The van der Waals surface area contributed by atoms with E-state index in [1.54, 1.807) is 12.1 Å². The molecule has 3 fully saturated rings. The molecule has 4 aliphatic rings. The molecule has 4 amide bonds. The summed E-state index contributed by atoms with van der Waals surface area (Å²) in [4.78, 5) is 50.6. The number of imide groups is 2. The Hall–Kier alpha value is -2.58. The van der Waals surface area contributed by atoms with Gasteiger partial charge in [-0.05, 0) is 37.3 Å². The van der Waals surface area contributed by atoms with E-state index in [4.69, 9.17) is 0 Å². The Morgan fingerprint density at radius 3 is 2.68 bits per heavy atom. The molecule has 0 aromatic heterocycles. The van der Waals surface area contributed by atoms with Crippen molar-refractivity contribution < 1.29 is 19.2 Å². The summed E-state index contributed by atoms with van der Waals surface area (Å²) in [6.07, 6.45) is 3.63. The van der Waals surface area contributed by atoms with Crippen molar-refractivity contribution in [2.45, 2.75) is 56.3 Å². The summed E-state index contributed by atoms with van der Waals surface area (Å²) in [5.74, 6) is -1.86. The van der Waals surface area contributed by atoms with Gasteiger partial charge in [-0.1, -0.05) is 12.1 Å². The van der Waals surface area contributed by atoms with Crippen LogP contribution in [-0.2, 0) is 16.1 Å². The Kier molecular flexibility index (Phi) is 3.89. The second-order valence-corrected chi connectivity index (χ2v) is 8.24. The maximum Gasteiger partial charge on any atom is 0.262 e. The first-order valence-electron chi connectivity index (χ1n) is 9.79. The van der Waals surface area contributed by atoms with Crippen LogP contribution in [0.25, 0.3) is 0 Å². The lowest BCUT2D eigenvalue weighted by Crippen LogP contribution is -2.54. The van der Waals surface area contributed by atoms with Crippen LogP contribution in [0.4, 0.5) is 0 Å². The Bertz CT molecular complexity index is 903. The number of amides is 4. The van der Waals surface area contributed by atoms with E-state index in [2.05, 4.69) is 16.0 Å². The summed E-state index contributed by atoms with van der Waals surface area (Å²) in [6, 6.07) is 4.90. The van der Waals surface area contributed by atoms with Crippen molar-refractivity contribution in [2.24, 2.45) is 0 Å². The van der Waals surface area contributed by atoms with E-state index < -0.39 is 23.8 Å². The van der Waals surface area contributed by atoms with Crippen molar-refractivity contribution in [2.75, 3.05) is 6.54 Å². The van der Waals surface area contributed by atoms with Gasteiger partial charge >= 0.3 is 0 Å². The Labute approximate surface area is 162 Å². The number of fused-ring (bicyclic) bond motifs is 3. The van der Waals surface area contributed by atoms with E-state index in [1.807, 2.05) is 6.07 Å². The number of carbonyl (C=O) groups excluding carboxylic acids is 4. The van der Waals surface area contributed by atoms with Gasteiger partial charge in [0.2, 0.25) is 11.8 Å². The zero-order valence-corrected chi connectivity index (χ0v) is 15.4. The number of nitrogens with zero attached hydrogens (tertiary/aromatic N) is 1. The monoisotopic (exact) mass is 382 g/mol. The van der Waals surface area contributed by atoms with E-state index in [1.165, 1.54) is 0 Å². The van der Waals surface area contributed by atoms with Gasteiger partial charge in [0, 0.05) is 31.1 Å². The molecule has 146 valence electrons. The summed E-state index contributed by atoms with van der Waals surface area (Å²) < 4.78 is 0. The Morgan fingerprint density at radius 2 is 2.00 bits per heavy atom. The standard InChI is InChI=1S/C20H22N4O4/c25-15-5-4-14(17(26)23-15)24-18(27)13-3-1-2-11(16(13)19(24)28)9-22-20-7-6-12(8-20)21-10-20/h1-3,12,14,21-22H,4-10H2,(H,23,25,26). The third-order valence-corrected chi connectivity index (χ3v) is 6.55. The summed E-state index contributed by atoms with van der Waals surface area (Å²) in [5.41, 5.74) is 1.54. The van der Waals surface area contributed by atoms with Crippen molar-refractivity contribution in [3.05, 3.63) is 34.9 Å². The largest absolute Gasteiger partial charge is 0.312 e. The summed E-state index contributed by atoms with van der Waals surface area (Å²) >= 11 is 0. The van der Waals surface area contributed by atoms with E-state index in [0.29, 0.717) is 23.7 Å². The number of benzene rings is 1. The van der Waals surface area contributed by atoms with Gasteiger partial charge < -0.3 is 10.6 Å². The van der Waals surface area contributed by atoms with Crippen LogP contribution in [0.3, 0.4) is 0 Å². The van der Waals surface area contributed by atoms with Crippen molar-refractivity contribution in [1.29, 1.82) is 0 Å². The lowest BCUT2D eigenvalue weighted by molar-refractivity contribution is -0.136. The number of nitrogens with one attached hydrogen (secondary N) is 3. The van der Waals surface area contributed by atoms with Gasteiger partial charge in [-0.15, -0.1) is 0 Å². The minimum Gasteiger partial charge on any atom is -0.312 e. The van der Waals surface area contributed by atoms with Crippen molar-refractivity contribution >= 4 is 23.6 Å². The lowest BCUT2D eigenvalue weighted by atomic mass is 9.97. The highest BCUT2D eigenvalue weighted by atomic mass is 16.2. The third-order valence-electron chi connectivity index (χ3n) is 6.55. The second-order valence-electron chi connectivity index (χ2n) is 8.24. The molecule has 5 rings (SSSR count). The normalized spacial score (nSPS) is 31.5. The Balaban J connectivity index is 1.40. The fourth-order valence-electron chi connectivity index (χ4n) is 5.04. The minimum atomic E-state index is -0.931. The molecular weight excluding hydrogens is 360 g/mol. The van der Waals surface area contributed by atoms with Crippen LogP contribution >= 0.6 is 0 Å². The molecular formula is C20H22N4O4. The van der Waals surface area contributed by atoms with Crippen LogP contribution in [0.2, 0.25) is 0 Å². The number of rotatable bonds is 4. The van der Waals surface area contributed by atoms with Gasteiger partial charge in [0.05, 0.1) is 11.1 Å².